The van der Waals surface area contributed by atoms with Crippen LogP contribution < -0.4 is 0 Å². The topological polar surface area (TPSA) is 17.1 Å². The predicted molar refractivity (Wildman–Crippen MR) is 51.2 cm³/mol. The van der Waals surface area contributed by atoms with Crippen LogP contribution in [0.25, 0.3) is 0 Å². The Bertz CT molecular complexity index is 374. The van der Waals surface area contributed by atoms with Crippen molar-refractivity contribution in [2.45, 2.75) is 13.8 Å². The summed E-state index contributed by atoms with van der Waals surface area (Å²) in [6, 6.07) is 1.39. The lowest BCUT2D eigenvalue weighted by atomic mass is 10.1. The number of halogens is 3. The van der Waals surface area contributed by atoms with E-state index in [4.69, 9.17) is 23.2 Å². The molecule has 0 heterocycles. The minimum atomic E-state index is -0.573. The Balaban J connectivity index is 3.50. The van der Waals surface area contributed by atoms with E-state index in [0.29, 0.717) is 5.56 Å². The van der Waals surface area contributed by atoms with Gasteiger partial charge in [-0.3, -0.25) is 4.79 Å². The van der Waals surface area contributed by atoms with Crippen molar-refractivity contribution in [1.82, 2.24) is 0 Å². The lowest BCUT2D eigenvalue weighted by molar-refractivity contribution is 0.101. The summed E-state index contributed by atoms with van der Waals surface area (Å²) in [5.74, 6) is -0.799. The summed E-state index contributed by atoms with van der Waals surface area (Å²) in [4.78, 5) is 11.0. The second-order valence-corrected chi connectivity index (χ2v) is 3.50. The minimum absolute atomic E-state index is 0.0164. The summed E-state index contributed by atoms with van der Waals surface area (Å²) >= 11 is 11.2. The van der Waals surface area contributed by atoms with Gasteiger partial charge in [-0.05, 0) is 25.5 Å². The molecule has 1 rings (SSSR count). The molecule has 0 radical (unpaired) electrons. The van der Waals surface area contributed by atoms with Gasteiger partial charge in [0, 0.05) is 5.56 Å². The van der Waals surface area contributed by atoms with Crippen molar-refractivity contribution in [1.29, 1.82) is 0 Å². The highest BCUT2D eigenvalue weighted by atomic mass is 35.5. The average Bonchev–Trinajstić information content (AvgIpc) is 2.07. The van der Waals surface area contributed by atoms with Crippen LogP contribution >= 0.6 is 23.2 Å². The predicted octanol–water partition coefficient (Wildman–Crippen LogP) is 3.64. The van der Waals surface area contributed by atoms with Crippen molar-refractivity contribution in [2.24, 2.45) is 0 Å². The number of hydrogen-bond acceptors (Lipinski definition) is 1. The zero-order valence-corrected chi connectivity index (χ0v) is 8.63. The molecular formula is C9H7Cl2FO. The van der Waals surface area contributed by atoms with E-state index in [9.17, 15) is 9.18 Å². The van der Waals surface area contributed by atoms with E-state index in [1.165, 1.54) is 19.9 Å². The number of hydrogen-bond donors (Lipinski definition) is 0. The highest BCUT2D eigenvalue weighted by Gasteiger charge is 2.15. The number of carbonyl (C=O) groups is 1. The molecule has 0 N–H and O–H groups in total. The Kier molecular flexibility index (Phi) is 2.94. The highest BCUT2D eigenvalue weighted by Crippen LogP contribution is 2.30. The average molecular weight is 221 g/mol. The van der Waals surface area contributed by atoms with Gasteiger partial charge in [-0.1, -0.05) is 23.2 Å². The zero-order chi connectivity index (χ0) is 10.2. The van der Waals surface area contributed by atoms with Gasteiger partial charge in [0.15, 0.2) is 5.78 Å². The molecule has 1 aromatic rings. The summed E-state index contributed by atoms with van der Waals surface area (Å²) in [7, 11) is 0. The maximum absolute atomic E-state index is 13.1. The third-order valence-electron chi connectivity index (χ3n) is 1.71. The Morgan fingerprint density at radius 3 is 2.38 bits per heavy atom. The van der Waals surface area contributed by atoms with Gasteiger partial charge in [-0.25, -0.2) is 4.39 Å². The third kappa shape index (κ3) is 1.84. The number of benzene rings is 1. The van der Waals surface area contributed by atoms with E-state index in [2.05, 4.69) is 0 Å². The van der Waals surface area contributed by atoms with Crippen molar-refractivity contribution in [3.63, 3.8) is 0 Å². The monoisotopic (exact) mass is 220 g/mol. The molecule has 0 aliphatic carbocycles. The smallest absolute Gasteiger partial charge is 0.161 e. The summed E-state index contributed by atoms with van der Waals surface area (Å²) in [5.41, 5.74) is 0.574. The zero-order valence-electron chi connectivity index (χ0n) is 7.12. The fraction of sp³-hybridized carbons (Fsp3) is 0.222. The number of ketones is 1. The second kappa shape index (κ2) is 3.64. The molecule has 0 bridgehead atoms. The minimum Gasteiger partial charge on any atom is -0.294 e. The molecule has 13 heavy (non-hydrogen) atoms. The van der Waals surface area contributed by atoms with Crippen LogP contribution in [-0.2, 0) is 0 Å². The first-order valence-corrected chi connectivity index (χ1v) is 4.35. The van der Waals surface area contributed by atoms with Gasteiger partial charge in [0.2, 0.25) is 0 Å². The summed E-state index contributed by atoms with van der Waals surface area (Å²) in [5, 5.41) is -0.205. The lowest BCUT2D eigenvalue weighted by Crippen LogP contribution is -1.97. The van der Waals surface area contributed by atoms with Crippen LogP contribution in [-0.4, -0.2) is 5.78 Å². The Hall–Kier alpha value is -0.600. The third-order valence-corrected chi connectivity index (χ3v) is 2.55. The summed E-state index contributed by atoms with van der Waals surface area (Å²) < 4.78 is 13.1. The van der Waals surface area contributed by atoms with Crippen LogP contribution in [0.4, 0.5) is 4.39 Å². The Morgan fingerprint density at radius 2 is 1.92 bits per heavy atom. The van der Waals surface area contributed by atoms with Gasteiger partial charge >= 0.3 is 0 Å². The van der Waals surface area contributed by atoms with Gasteiger partial charge in [-0.15, -0.1) is 0 Å². The largest absolute Gasteiger partial charge is 0.294 e. The Morgan fingerprint density at radius 1 is 1.38 bits per heavy atom. The first kappa shape index (κ1) is 10.5. The lowest BCUT2D eigenvalue weighted by Gasteiger charge is -2.05. The first-order chi connectivity index (χ1) is 5.95. The van der Waals surface area contributed by atoms with Crippen molar-refractivity contribution in [3.05, 3.63) is 33.1 Å². The number of carbonyl (C=O) groups excluding carboxylic acids is 1. The van der Waals surface area contributed by atoms with Crippen LogP contribution in [0, 0.1) is 12.7 Å². The maximum atomic E-state index is 13.1. The molecule has 4 heteroatoms. The van der Waals surface area contributed by atoms with E-state index in [0.717, 1.165) is 0 Å². The molecule has 0 atom stereocenters. The SMILES string of the molecule is CC(=O)c1cc(C)c(F)c(Cl)c1Cl. The van der Waals surface area contributed by atoms with Gasteiger partial charge in [-0.2, -0.15) is 0 Å². The number of aryl methyl sites for hydroxylation is 1. The molecule has 0 aliphatic rings. The number of rotatable bonds is 1. The molecule has 0 saturated carbocycles. The van der Waals surface area contributed by atoms with Crippen LogP contribution in [0.2, 0.25) is 10.0 Å². The van der Waals surface area contributed by atoms with Gasteiger partial charge in [0.05, 0.1) is 10.0 Å². The maximum Gasteiger partial charge on any atom is 0.161 e. The fourth-order valence-corrected chi connectivity index (χ4v) is 1.51. The van der Waals surface area contributed by atoms with Crippen LogP contribution in [0.15, 0.2) is 6.07 Å². The molecule has 0 fully saturated rings. The van der Waals surface area contributed by atoms with Crippen molar-refractivity contribution in [3.8, 4) is 0 Å². The van der Waals surface area contributed by atoms with Crippen LogP contribution in [0.5, 0.6) is 0 Å². The molecule has 0 aliphatic heterocycles. The molecular weight excluding hydrogens is 214 g/mol. The fourth-order valence-electron chi connectivity index (χ4n) is 0.987. The van der Waals surface area contributed by atoms with Crippen molar-refractivity contribution < 1.29 is 9.18 Å². The molecule has 0 unspecified atom stereocenters. The molecule has 0 spiro atoms. The second-order valence-electron chi connectivity index (χ2n) is 2.74. The molecule has 0 saturated heterocycles. The van der Waals surface area contributed by atoms with Crippen molar-refractivity contribution in [2.75, 3.05) is 0 Å². The van der Waals surface area contributed by atoms with E-state index >= 15 is 0 Å². The van der Waals surface area contributed by atoms with Crippen LogP contribution in [0.1, 0.15) is 22.8 Å². The van der Waals surface area contributed by atoms with Crippen LogP contribution in [0.3, 0.4) is 0 Å². The normalized spacial score (nSPS) is 10.2. The van der Waals surface area contributed by atoms with Crippen molar-refractivity contribution >= 4 is 29.0 Å². The van der Waals surface area contributed by atoms with Gasteiger partial charge in [0.1, 0.15) is 5.82 Å². The molecule has 0 amide bonds. The Labute approximate surface area is 85.5 Å². The summed E-state index contributed by atoms with van der Waals surface area (Å²) in [6.45, 7) is 2.89. The molecule has 70 valence electrons. The van der Waals surface area contributed by atoms with E-state index in [1.807, 2.05) is 0 Å². The highest BCUT2D eigenvalue weighted by molar-refractivity contribution is 6.44. The van der Waals surface area contributed by atoms with Gasteiger partial charge in [0.25, 0.3) is 0 Å². The van der Waals surface area contributed by atoms with E-state index < -0.39 is 5.82 Å². The van der Waals surface area contributed by atoms with Gasteiger partial charge < -0.3 is 0 Å². The molecule has 0 aromatic heterocycles. The summed E-state index contributed by atoms with van der Waals surface area (Å²) in [6.07, 6.45) is 0. The molecule has 1 aromatic carbocycles. The van der Waals surface area contributed by atoms with E-state index in [-0.39, 0.29) is 21.4 Å². The first-order valence-electron chi connectivity index (χ1n) is 3.60. The number of Topliss-reactive ketones (excluding diaryl/α,β-unsaturated/α-hetero) is 1. The standard InChI is InChI=1S/C9H7Cl2FO/c1-4-3-6(5(2)13)7(10)8(11)9(4)12/h3H,1-2H3. The quantitative estimate of drug-likeness (QED) is 0.522. The molecule has 1 nitrogen and oxygen atoms in total. The van der Waals surface area contributed by atoms with E-state index in [1.54, 1.807) is 0 Å².